The standard InChI is InChI=1S/C19H20ClN5OS/c1-13(2)24(14-8-4-3-5-9-14)17(26)12-27-19-23-22-18(25(19)21)15-10-6-7-11-16(15)20/h3-11,13H,12,21H2,1-2H3. The van der Waals surface area contributed by atoms with Crippen LogP contribution < -0.4 is 10.7 Å². The van der Waals surface area contributed by atoms with E-state index < -0.39 is 0 Å². The van der Waals surface area contributed by atoms with Crippen molar-refractivity contribution >= 4 is 35.0 Å². The number of hydrogen-bond donors (Lipinski definition) is 1. The number of nitrogens with two attached hydrogens (primary N) is 1. The summed E-state index contributed by atoms with van der Waals surface area (Å²) in [7, 11) is 0. The Hall–Kier alpha value is -2.51. The molecule has 2 aromatic carbocycles. The summed E-state index contributed by atoms with van der Waals surface area (Å²) in [6, 6.07) is 16.9. The lowest BCUT2D eigenvalue weighted by Gasteiger charge is -2.26. The summed E-state index contributed by atoms with van der Waals surface area (Å²) in [5, 5.41) is 9.22. The molecule has 140 valence electrons. The monoisotopic (exact) mass is 401 g/mol. The molecular formula is C19H20ClN5OS. The first-order valence-electron chi connectivity index (χ1n) is 8.44. The average molecular weight is 402 g/mol. The minimum atomic E-state index is -0.0245. The molecule has 0 aliphatic rings. The smallest absolute Gasteiger partial charge is 0.237 e. The van der Waals surface area contributed by atoms with Crippen LogP contribution in [-0.2, 0) is 4.79 Å². The van der Waals surface area contributed by atoms with Crippen molar-refractivity contribution < 1.29 is 4.79 Å². The number of hydrogen-bond acceptors (Lipinski definition) is 5. The zero-order chi connectivity index (χ0) is 19.4. The van der Waals surface area contributed by atoms with Gasteiger partial charge in [-0.3, -0.25) is 4.79 Å². The highest BCUT2D eigenvalue weighted by molar-refractivity contribution is 7.99. The van der Waals surface area contributed by atoms with E-state index in [-0.39, 0.29) is 17.7 Å². The normalized spacial score (nSPS) is 11.0. The zero-order valence-corrected chi connectivity index (χ0v) is 16.6. The molecule has 27 heavy (non-hydrogen) atoms. The van der Waals surface area contributed by atoms with Crippen molar-refractivity contribution in [1.82, 2.24) is 14.9 Å². The summed E-state index contributed by atoms with van der Waals surface area (Å²) in [6.07, 6.45) is 0. The van der Waals surface area contributed by atoms with E-state index >= 15 is 0 Å². The number of thioether (sulfide) groups is 1. The Morgan fingerprint density at radius 2 is 1.81 bits per heavy atom. The first kappa shape index (κ1) is 19.3. The largest absolute Gasteiger partial charge is 0.335 e. The van der Waals surface area contributed by atoms with Crippen LogP contribution in [0.15, 0.2) is 59.8 Å². The fraction of sp³-hybridized carbons (Fsp3) is 0.211. The quantitative estimate of drug-likeness (QED) is 0.501. The van der Waals surface area contributed by atoms with Crippen LogP contribution in [0.1, 0.15) is 13.8 Å². The molecule has 0 aliphatic carbocycles. The van der Waals surface area contributed by atoms with Crippen LogP contribution in [-0.4, -0.2) is 32.6 Å². The molecule has 0 saturated heterocycles. The van der Waals surface area contributed by atoms with Crippen molar-refractivity contribution in [2.24, 2.45) is 0 Å². The van der Waals surface area contributed by atoms with E-state index in [4.69, 9.17) is 17.4 Å². The molecule has 8 heteroatoms. The van der Waals surface area contributed by atoms with Crippen LogP contribution in [0.2, 0.25) is 5.02 Å². The van der Waals surface area contributed by atoms with Crippen molar-refractivity contribution in [1.29, 1.82) is 0 Å². The highest BCUT2D eigenvalue weighted by atomic mass is 35.5. The van der Waals surface area contributed by atoms with Crippen molar-refractivity contribution in [2.45, 2.75) is 25.0 Å². The minimum absolute atomic E-state index is 0.0245. The van der Waals surface area contributed by atoms with Crippen LogP contribution >= 0.6 is 23.4 Å². The number of anilines is 1. The van der Waals surface area contributed by atoms with Gasteiger partial charge in [-0.2, -0.15) is 0 Å². The molecule has 1 aromatic heterocycles. The van der Waals surface area contributed by atoms with Gasteiger partial charge in [-0.15, -0.1) is 10.2 Å². The number of nitrogens with zero attached hydrogens (tertiary/aromatic N) is 4. The van der Waals surface area contributed by atoms with Gasteiger partial charge in [0.1, 0.15) is 0 Å². The second-order valence-electron chi connectivity index (χ2n) is 6.14. The van der Waals surface area contributed by atoms with Crippen LogP contribution in [0.25, 0.3) is 11.4 Å². The third-order valence-electron chi connectivity index (χ3n) is 3.92. The molecule has 0 saturated carbocycles. The molecule has 0 fully saturated rings. The average Bonchev–Trinajstić information content (AvgIpc) is 3.01. The molecule has 0 unspecified atom stereocenters. The van der Waals surface area contributed by atoms with E-state index in [0.29, 0.717) is 21.6 Å². The second kappa shape index (κ2) is 8.45. The molecule has 0 spiro atoms. The second-order valence-corrected chi connectivity index (χ2v) is 7.49. The molecular weight excluding hydrogens is 382 g/mol. The van der Waals surface area contributed by atoms with Crippen molar-refractivity contribution in [2.75, 3.05) is 16.5 Å². The summed E-state index contributed by atoms with van der Waals surface area (Å²) < 4.78 is 1.36. The lowest BCUT2D eigenvalue weighted by molar-refractivity contribution is -0.116. The van der Waals surface area contributed by atoms with Crippen LogP contribution in [0.4, 0.5) is 5.69 Å². The Kier molecular flexibility index (Phi) is 6.03. The molecule has 0 bridgehead atoms. The zero-order valence-electron chi connectivity index (χ0n) is 15.0. The SMILES string of the molecule is CC(C)N(C(=O)CSc1nnc(-c2ccccc2Cl)n1N)c1ccccc1. The van der Waals surface area contributed by atoms with Gasteiger partial charge >= 0.3 is 0 Å². The third kappa shape index (κ3) is 4.26. The number of benzene rings is 2. The third-order valence-corrected chi connectivity index (χ3v) is 5.18. The fourth-order valence-corrected chi connectivity index (χ4v) is 3.65. The predicted molar refractivity (Wildman–Crippen MR) is 110 cm³/mol. The molecule has 0 radical (unpaired) electrons. The van der Waals surface area contributed by atoms with Crippen LogP contribution in [0.3, 0.4) is 0 Å². The number of carbonyl (C=O) groups excluding carboxylic acids is 1. The number of carbonyl (C=O) groups is 1. The highest BCUT2D eigenvalue weighted by Crippen LogP contribution is 2.28. The number of aromatic nitrogens is 3. The van der Waals surface area contributed by atoms with E-state index in [2.05, 4.69) is 10.2 Å². The van der Waals surface area contributed by atoms with E-state index in [0.717, 1.165) is 5.69 Å². The van der Waals surface area contributed by atoms with Gasteiger partial charge in [0.2, 0.25) is 11.1 Å². The number of para-hydroxylation sites is 1. The predicted octanol–water partition coefficient (Wildman–Crippen LogP) is 3.85. The summed E-state index contributed by atoms with van der Waals surface area (Å²) in [4.78, 5) is 14.5. The first-order valence-corrected chi connectivity index (χ1v) is 9.80. The van der Waals surface area contributed by atoms with Gasteiger partial charge in [-0.05, 0) is 38.1 Å². The van der Waals surface area contributed by atoms with Gasteiger partial charge in [0, 0.05) is 17.3 Å². The molecule has 6 nitrogen and oxygen atoms in total. The Bertz CT molecular complexity index is 929. The Balaban J connectivity index is 1.75. The first-order chi connectivity index (χ1) is 13.0. The Morgan fingerprint density at radius 1 is 1.15 bits per heavy atom. The van der Waals surface area contributed by atoms with E-state index in [1.807, 2.05) is 62.4 Å². The summed E-state index contributed by atoms with van der Waals surface area (Å²) >= 11 is 7.45. The molecule has 1 amide bonds. The van der Waals surface area contributed by atoms with Crippen molar-refractivity contribution in [3.63, 3.8) is 0 Å². The van der Waals surface area contributed by atoms with Gasteiger partial charge < -0.3 is 10.7 Å². The number of nitrogen functional groups attached to an aromatic ring is 1. The van der Waals surface area contributed by atoms with E-state index in [1.54, 1.807) is 11.0 Å². The van der Waals surface area contributed by atoms with Gasteiger partial charge in [-0.25, -0.2) is 4.68 Å². The summed E-state index contributed by atoms with van der Waals surface area (Å²) in [5.41, 5.74) is 1.56. The molecule has 1 heterocycles. The lowest BCUT2D eigenvalue weighted by atomic mass is 10.2. The maximum atomic E-state index is 12.8. The van der Waals surface area contributed by atoms with Crippen LogP contribution in [0.5, 0.6) is 0 Å². The number of halogens is 1. The molecule has 2 N–H and O–H groups in total. The van der Waals surface area contributed by atoms with Crippen molar-refractivity contribution in [3.05, 3.63) is 59.6 Å². The van der Waals surface area contributed by atoms with Crippen molar-refractivity contribution in [3.8, 4) is 11.4 Å². The van der Waals surface area contributed by atoms with Gasteiger partial charge in [0.15, 0.2) is 5.82 Å². The van der Waals surface area contributed by atoms with Gasteiger partial charge in [0.05, 0.1) is 10.8 Å². The maximum Gasteiger partial charge on any atom is 0.237 e. The summed E-state index contributed by atoms with van der Waals surface area (Å²) in [5.74, 6) is 6.76. The molecule has 3 aromatic rings. The highest BCUT2D eigenvalue weighted by Gasteiger charge is 2.21. The van der Waals surface area contributed by atoms with E-state index in [9.17, 15) is 4.79 Å². The van der Waals surface area contributed by atoms with Gasteiger partial charge in [-0.1, -0.05) is 53.7 Å². The minimum Gasteiger partial charge on any atom is -0.335 e. The number of rotatable bonds is 6. The Labute approximate surface area is 167 Å². The van der Waals surface area contributed by atoms with E-state index in [1.165, 1.54) is 16.4 Å². The van der Waals surface area contributed by atoms with Gasteiger partial charge in [0.25, 0.3) is 0 Å². The topological polar surface area (TPSA) is 77.0 Å². The maximum absolute atomic E-state index is 12.8. The molecule has 3 rings (SSSR count). The molecule has 0 atom stereocenters. The fourth-order valence-electron chi connectivity index (χ4n) is 2.72. The summed E-state index contributed by atoms with van der Waals surface area (Å²) in [6.45, 7) is 3.97. The Morgan fingerprint density at radius 3 is 2.48 bits per heavy atom. The lowest BCUT2D eigenvalue weighted by Crippen LogP contribution is -2.38. The number of amides is 1. The van der Waals surface area contributed by atoms with Crippen LogP contribution in [0, 0.1) is 0 Å². The molecule has 0 aliphatic heterocycles.